The minimum Gasteiger partial charge on any atom is -0.476 e. The maximum atomic E-state index is 8.82. The van der Waals surface area contributed by atoms with Crippen molar-refractivity contribution in [2.24, 2.45) is 0 Å². The Morgan fingerprint density at radius 3 is 2.92 bits per heavy atom. The van der Waals surface area contributed by atoms with E-state index in [1.807, 2.05) is 6.07 Å². The van der Waals surface area contributed by atoms with Crippen LogP contribution in [0.4, 0.5) is 5.82 Å². The maximum absolute atomic E-state index is 8.82. The monoisotopic (exact) mass is 353 g/mol. The zero-order chi connectivity index (χ0) is 18.7. The van der Waals surface area contributed by atoms with Gasteiger partial charge in [-0.3, -0.25) is 5.10 Å². The Morgan fingerprint density at radius 1 is 1.46 bits per heavy atom. The van der Waals surface area contributed by atoms with Gasteiger partial charge in [0, 0.05) is 34.5 Å². The number of hydrogen-bond acceptors (Lipinski definition) is 5. The van der Waals surface area contributed by atoms with E-state index in [1.165, 1.54) is 12.8 Å². The van der Waals surface area contributed by atoms with Crippen LogP contribution in [-0.4, -0.2) is 21.8 Å². The van der Waals surface area contributed by atoms with Crippen LogP contribution in [0.1, 0.15) is 57.6 Å². The molecular formula is C20H27N5O. The van der Waals surface area contributed by atoms with E-state index in [-0.39, 0.29) is 11.6 Å². The molecule has 2 aliphatic carbocycles. The van der Waals surface area contributed by atoms with Gasteiger partial charge in [-0.2, -0.15) is 10.4 Å². The standard InChI is InChI=1S/C20H27N5O/c1-13(12-21)9-14(2)22-19-11-18(24-25-19)16-5-6-17(10-16)26-15(3)23-20(4)7-8-20/h9,11,16-17,23H,2-3,5-8,10H2,1,4H3,(H2,22,24,25)/b13-9+/t16-,17+/m0/s1. The largest absolute Gasteiger partial charge is 0.476 e. The summed E-state index contributed by atoms with van der Waals surface area (Å²) < 4.78 is 6.00. The minimum absolute atomic E-state index is 0.193. The van der Waals surface area contributed by atoms with Crippen LogP contribution in [0.5, 0.6) is 0 Å². The molecule has 0 saturated heterocycles. The first-order valence-electron chi connectivity index (χ1n) is 9.10. The van der Waals surface area contributed by atoms with E-state index < -0.39 is 0 Å². The first-order chi connectivity index (χ1) is 12.4. The van der Waals surface area contributed by atoms with Crippen molar-refractivity contribution in [3.8, 4) is 6.07 Å². The summed E-state index contributed by atoms with van der Waals surface area (Å²) in [6.45, 7) is 11.8. The number of nitrogens with one attached hydrogen (secondary N) is 3. The summed E-state index contributed by atoms with van der Waals surface area (Å²) in [5, 5.41) is 22.7. The lowest BCUT2D eigenvalue weighted by molar-refractivity contribution is 0.102. The third-order valence-electron chi connectivity index (χ3n) is 5.03. The van der Waals surface area contributed by atoms with Gasteiger partial charge in [-0.25, -0.2) is 0 Å². The molecule has 2 atom stereocenters. The van der Waals surface area contributed by atoms with Gasteiger partial charge in [0.25, 0.3) is 0 Å². The van der Waals surface area contributed by atoms with Gasteiger partial charge in [-0.15, -0.1) is 0 Å². The second-order valence-corrected chi connectivity index (χ2v) is 7.66. The summed E-state index contributed by atoms with van der Waals surface area (Å²) >= 11 is 0. The first kappa shape index (κ1) is 18.1. The number of rotatable bonds is 8. The predicted molar refractivity (Wildman–Crippen MR) is 102 cm³/mol. The van der Waals surface area contributed by atoms with Gasteiger partial charge in [-0.05, 0) is 58.6 Å². The fourth-order valence-electron chi connectivity index (χ4n) is 3.31. The molecule has 0 amide bonds. The second kappa shape index (κ2) is 7.28. The predicted octanol–water partition coefficient (Wildman–Crippen LogP) is 4.07. The average Bonchev–Trinajstić information content (AvgIpc) is 2.99. The quantitative estimate of drug-likeness (QED) is 0.373. The molecule has 0 bridgehead atoms. The van der Waals surface area contributed by atoms with Gasteiger partial charge >= 0.3 is 0 Å². The molecule has 6 heteroatoms. The van der Waals surface area contributed by atoms with Crippen LogP contribution < -0.4 is 10.6 Å². The Kier molecular flexibility index (Phi) is 5.08. The number of allylic oxidation sites excluding steroid dienone is 2. The smallest absolute Gasteiger partial charge is 0.179 e. The summed E-state index contributed by atoms with van der Waals surface area (Å²) in [5.74, 6) is 1.81. The molecule has 0 spiro atoms. The van der Waals surface area contributed by atoms with E-state index >= 15 is 0 Å². The van der Waals surface area contributed by atoms with Gasteiger partial charge in [-0.1, -0.05) is 6.58 Å². The SMILES string of the molecule is C=C(/C=C(\C)C#N)Nc1cc([C@H]2CC[C@@H](OC(=C)NC3(C)CC3)C2)[nH]n1. The van der Waals surface area contributed by atoms with Gasteiger partial charge in [0.05, 0.1) is 6.07 Å². The number of ether oxygens (including phenoxy) is 1. The Bertz CT molecular complexity index is 765. The lowest BCUT2D eigenvalue weighted by atomic mass is 10.0. The molecule has 3 N–H and O–H groups in total. The van der Waals surface area contributed by atoms with Crippen molar-refractivity contribution in [1.82, 2.24) is 15.5 Å². The van der Waals surface area contributed by atoms with E-state index in [0.717, 1.165) is 25.0 Å². The molecule has 0 radical (unpaired) electrons. The number of nitrogens with zero attached hydrogens (tertiary/aromatic N) is 2. The molecule has 26 heavy (non-hydrogen) atoms. The number of nitriles is 1. The Morgan fingerprint density at radius 2 is 2.23 bits per heavy atom. The van der Waals surface area contributed by atoms with Crippen molar-refractivity contribution in [2.45, 2.75) is 63.5 Å². The lowest BCUT2D eigenvalue weighted by Gasteiger charge is -2.20. The topological polar surface area (TPSA) is 85.8 Å². The summed E-state index contributed by atoms with van der Waals surface area (Å²) in [6, 6.07) is 4.08. The normalized spacial score (nSPS) is 23.8. The van der Waals surface area contributed by atoms with Crippen LogP contribution in [0.25, 0.3) is 0 Å². The van der Waals surface area contributed by atoms with E-state index in [1.54, 1.807) is 13.0 Å². The van der Waals surface area contributed by atoms with Crippen molar-refractivity contribution < 1.29 is 4.74 Å². The molecule has 1 aromatic heterocycles. The highest BCUT2D eigenvalue weighted by Gasteiger charge is 2.38. The molecule has 2 saturated carbocycles. The van der Waals surface area contributed by atoms with Crippen molar-refractivity contribution in [3.63, 3.8) is 0 Å². The highest BCUT2D eigenvalue weighted by molar-refractivity contribution is 5.46. The second-order valence-electron chi connectivity index (χ2n) is 7.66. The Balaban J connectivity index is 1.50. The van der Waals surface area contributed by atoms with E-state index in [0.29, 0.717) is 28.9 Å². The third-order valence-corrected chi connectivity index (χ3v) is 5.03. The van der Waals surface area contributed by atoms with Crippen molar-refractivity contribution >= 4 is 5.82 Å². The van der Waals surface area contributed by atoms with Gasteiger partial charge in [0.15, 0.2) is 11.7 Å². The van der Waals surface area contributed by atoms with Crippen LogP contribution >= 0.6 is 0 Å². The summed E-state index contributed by atoms with van der Waals surface area (Å²) in [7, 11) is 0. The van der Waals surface area contributed by atoms with Crippen LogP contribution in [0.15, 0.2) is 42.5 Å². The number of aromatic nitrogens is 2. The first-order valence-corrected chi connectivity index (χ1v) is 9.10. The van der Waals surface area contributed by atoms with Gasteiger partial charge in [0.1, 0.15) is 6.10 Å². The minimum atomic E-state index is 0.193. The Hall–Kier alpha value is -2.68. The zero-order valence-electron chi connectivity index (χ0n) is 15.6. The average molecular weight is 353 g/mol. The van der Waals surface area contributed by atoms with E-state index in [2.05, 4.69) is 47.0 Å². The molecule has 2 aliphatic rings. The molecule has 1 heterocycles. The fraction of sp³-hybridized carbons (Fsp3) is 0.500. The molecule has 1 aromatic rings. The molecule has 138 valence electrons. The van der Waals surface area contributed by atoms with Gasteiger partial charge in [0.2, 0.25) is 0 Å². The summed E-state index contributed by atoms with van der Waals surface area (Å²) in [6.07, 6.45) is 7.28. The van der Waals surface area contributed by atoms with Crippen molar-refractivity contribution in [3.05, 3.63) is 48.1 Å². The molecule has 6 nitrogen and oxygen atoms in total. The molecule has 2 fully saturated rings. The molecule has 0 unspecified atom stereocenters. The summed E-state index contributed by atoms with van der Waals surface area (Å²) in [4.78, 5) is 0. The van der Waals surface area contributed by atoms with Gasteiger partial charge < -0.3 is 15.4 Å². The highest BCUT2D eigenvalue weighted by Crippen LogP contribution is 2.38. The summed E-state index contributed by atoms with van der Waals surface area (Å²) in [5.41, 5.74) is 2.54. The number of H-pyrrole nitrogens is 1. The molecule has 3 rings (SSSR count). The molecule has 0 aliphatic heterocycles. The molecular weight excluding hydrogens is 326 g/mol. The maximum Gasteiger partial charge on any atom is 0.179 e. The van der Waals surface area contributed by atoms with Crippen LogP contribution in [0, 0.1) is 11.3 Å². The van der Waals surface area contributed by atoms with Crippen LogP contribution in [0.2, 0.25) is 0 Å². The Labute approximate surface area is 155 Å². The van der Waals surface area contributed by atoms with E-state index in [4.69, 9.17) is 10.00 Å². The zero-order valence-corrected chi connectivity index (χ0v) is 15.6. The number of hydrogen-bond donors (Lipinski definition) is 3. The number of aromatic amines is 1. The highest BCUT2D eigenvalue weighted by atomic mass is 16.5. The number of anilines is 1. The van der Waals surface area contributed by atoms with Crippen molar-refractivity contribution in [2.75, 3.05) is 5.32 Å². The third kappa shape index (κ3) is 4.69. The van der Waals surface area contributed by atoms with E-state index in [9.17, 15) is 0 Å². The van der Waals surface area contributed by atoms with Crippen LogP contribution in [-0.2, 0) is 4.74 Å². The van der Waals surface area contributed by atoms with Crippen molar-refractivity contribution in [1.29, 1.82) is 5.26 Å². The lowest BCUT2D eigenvalue weighted by Crippen LogP contribution is -2.29. The fourth-order valence-corrected chi connectivity index (χ4v) is 3.31. The van der Waals surface area contributed by atoms with Crippen LogP contribution in [0.3, 0.4) is 0 Å². The molecule has 0 aromatic carbocycles.